The van der Waals surface area contributed by atoms with Gasteiger partial charge in [-0.05, 0) is 0 Å². The topological polar surface area (TPSA) is 95.5 Å². The Bertz CT molecular complexity index is 27.9. The zero-order valence-corrected chi connectivity index (χ0v) is 2.46. The first kappa shape index (κ1) is 8.90. The fourth-order valence-corrected chi connectivity index (χ4v) is 0. The summed E-state index contributed by atoms with van der Waals surface area (Å²) in [5, 5.41) is 12.5. The molecule has 0 bridgehead atoms. The van der Waals surface area contributed by atoms with Crippen LogP contribution in [0.1, 0.15) is 0 Å². The normalized spacial score (nSPS) is 4.80. The standard InChI is InChI=1S/H2NO3.H3N/c2-1(3)4;/h(H2,2,3,4);1H3/q+1;. The Hall–Kier alpha value is -0.840. The monoisotopic (exact) mass is 81.0 g/mol. The molecule has 32 valence electrons. The lowest BCUT2D eigenvalue weighted by Gasteiger charge is -1.45. The van der Waals surface area contributed by atoms with Crippen molar-refractivity contribution in [2.75, 3.05) is 0 Å². The Morgan fingerprint density at radius 3 is 1.40 bits per heavy atom. The van der Waals surface area contributed by atoms with Crippen LogP contribution in [0.5, 0.6) is 0 Å². The van der Waals surface area contributed by atoms with E-state index in [0.717, 1.165) is 0 Å². The van der Waals surface area contributed by atoms with Gasteiger partial charge >= 0.3 is 5.09 Å². The third-order valence-corrected chi connectivity index (χ3v) is 0. The summed E-state index contributed by atoms with van der Waals surface area (Å²) in [5.74, 6) is 0. The summed E-state index contributed by atoms with van der Waals surface area (Å²) in [6, 6.07) is 0. The van der Waals surface area contributed by atoms with Gasteiger partial charge in [0.1, 0.15) is 4.91 Å². The van der Waals surface area contributed by atoms with Crippen molar-refractivity contribution in [3.05, 3.63) is 4.91 Å². The van der Waals surface area contributed by atoms with E-state index < -0.39 is 5.09 Å². The molecule has 0 aliphatic rings. The second-order valence-electron chi connectivity index (χ2n) is 0.253. The molecular formula is H5N2O3+. The van der Waals surface area contributed by atoms with Gasteiger partial charge in [0, 0.05) is 0 Å². The molecule has 0 saturated heterocycles. The highest BCUT2D eigenvalue weighted by Gasteiger charge is 1.78. The van der Waals surface area contributed by atoms with Gasteiger partial charge < -0.3 is 6.15 Å². The lowest BCUT2D eigenvalue weighted by atomic mass is 13.1. The summed E-state index contributed by atoms with van der Waals surface area (Å²) in [7, 11) is 0. The lowest BCUT2D eigenvalue weighted by Crippen LogP contribution is -1.87. The first-order valence-corrected chi connectivity index (χ1v) is 0.583. The predicted molar refractivity (Wildman–Crippen MR) is 12.2 cm³/mol. The molecule has 5 heteroatoms. The molecule has 0 atom stereocenters. The highest BCUT2D eigenvalue weighted by atomic mass is 16.9. The van der Waals surface area contributed by atoms with Crippen LogP contribution in [0, 0.1) is 4.91 Å². The van der Waals surface area contributed by atoms with Crippen LogP contribution in [0.25, 0.3) is 0 Å². The van der Waals surface area contributed by atoms with E-state index in [9.17, 15) is 0 Å². The quantitative estimate of drug-likeness (QED) is 0.349. The molecule has 5 heavy (non-hydrogen) atoms. The van der Waals surface area contributed by atoms with Crippen molar-refractivity contribution in [3.8, 4) is 0 Å². The number of rotatable bonds is 0. The van der Waals surface area contributed by atoms with Crippen molar-refractivity contribution in [2.24, 2.45) is 0 Å². The van der Waals surface area contributed by atoms with Gasteiger partial charge in [0.2, 0.25) is 0 Å². The van der Waals surface area contributed by atoms with Crippen LogP contribution in [0.2, 0.25) is 0 Å². The van der Waals surface area contributed by atoms with E-state index in [0.29, 0.717) is 0 Å². The maximum absolute atomic E-state index is 8.47. The van der Waals surface area contributed by atoms with E-state index in [1.54, 1.807) is 0 Å². The smallest absolute Gasteiger partial charge is 0.344 e. The largest absolute Gasteiger partial charge is 0.472 e. The van der Waals surface area contributed by atoms with E-state index in [4.69, 9.17) is 15.3 Å². The lowest BCUT2D eigenvalue weighted by molar-refractivity contribution is -0.969. The van der Waals surface area contributed by atoms with Crippen LogP contribution in [-0.2, 0) is 0 Å². The van der Waals surface area contributed by atoms with Crippen molar-refractivity contribution >= 4 is 0 Å². The fourth-order valence-electron chi connectivity index (χ4n) is 0. The molecule has 0 radical (unpaired) electrons. The predicted octanol–water partition coefficient (Wildman–Crippen LogP) is -0.294. The molecule has 0 amide bonds. The van der Waals surface area contributed by atoms with Gasteiger partial charge in [0.05, 0.1) is 0 Å². The van der Waals surface area contributed by atoms with Gasteiger partial charge in [-0.1, -0.05) is 0 Å². The first-order valence-electron chi connectivity index (χ1n) is 0.583. The maximum atomic E-state index is 8.47. The average molecular weight is 81.1 g/mol. The number of hydrogen-bond acceptors (Lipinski definition) is 2. The van der Waals surface area contributed by atoms with Crippen LogP contribution in [-0.4, -0.2) is 15.5 Å². The van der Waals surface area contributed by atoms with Crippen LogP contribution >= 0.6 is 0 Å². The second kappa shape index (κ2) is 3.16. The zero-order chi connectivity index (χ0) is 3.58. The highest BCUT2D eigenvalue weighted by Crippen LogP contribution is 1.31. The van der Waals surface area contributed by atoms with Crippen molar-refractivity contribution < 1.29 is 15.5 Å². The molecule has 0 saturated carbocycles. The minimum Gasteiger partial charge on any atom is -0.344 e. The van der Waals surface area contributed by atoms with E-state index in [2.05, 4.69) is 0 Å². The Morgan fingerprint density at radius 2 is 1.40 bits per heavy atom. The maximum Gasteiger partial charge on any atom is 0.472 e. The minimum atomic E-state index is -1.25. The van der Waals surface area contributed by atoms with E-state index in [1.807, 2.05) is 0 Å². The van der Waals surface area contributed by atoms with Crippen LogP contribution in [0.3, 0.4) is 0 Å². The number of hydrogen-bond donors (Lipinski definition) is 3. The molecule has 0 spiro atoms. The molecule has 0 aromatic rings. The molecule has 0 aromatic heterocycles. The summed E-state index contributed by atoms with van der Waals surface area (Å²) in [5.41, 5.74) is 0. The third-order valence-electron chi connectivity index (χ3n) is 0. The average Bonchev–Trinajstić information content (AvgIpc) is 0.811. The molecule has 0 fully saturated rings. The summed E-state index contributed by atoms with van der Waals surface area (Å²) >= 11 is 0. The second-order valence-corrected chi connectivity index (χ2v) is 0.253. The SMILES string of the molecule is N.O=[N+](O)O. The van der Waals surface area contributed by atoms with Crippen molar-refractivity contribution in [1.29, 1.82) is 0 Å². The van der Waals surface area contributed by atoms with Crippen LogP contribution < -0.4 is 6.15 Å². The summed E-state index contributed by atoms with van der Waals surface area (Å²) in [4.78, 5) is 8.47. The van der Waals surface area contributed by atoms with Crippen molar-refractivity contribution in [3.63, 3.8) is 0 Å². The Labute approximate surface area is 27.9 Å². The van der Waals surface area contributed by atoms with Crippen LogP contribution in [0.15, 0.2) is 0 Å². The van der Waals surface area contributed by atoms with Crippen molar-refractivity contribution in [2.45, 2.75) is 0 Å². The number of nitrogens with zero attached hydrogens (tertiary/aromatic N) is 1. The first-order chi connectivity index (χ1) is 1.73. The van der Waals surface area contributed by atoms with Gasteiger partial charge in [0.25, 0.3) is 0 Å². The summed E-state index contributed by atoms with van der Waals surface area (Å²) < 4.78 is 0. The molecule has 0 rings (SSSR count). The van der Waals surface area contributed by atoms with Gasteiger partial charge in [0.15, 0.2) is 0 Å². The highest BCUT2D eigenvalue weighted by molar-refractivity contribution is 3.56. The Morgan fingerprint density at radius 1 is 1.40 bits per heavy atom. The zero-order valence-electron chi connectivity index (χ0n) is 2.46. The molecule has 0 heterocycles. The summed E-state index contributed by atoms with van der Waals surface area (Å²) in [6.45, 7) is 0. The molecule has 0 aromatic carbocycles. The molecule has 0 unspecified atom stereocenters. The van der Waals surface area contributed by atoms with E-state index >= 15 is 0 Å². The van der Waals surface area contributed by atoms with Crippen LogP contribution in [0.4, 0.5) is 0 Å². The Balaban J connectivity index is 0. The molecular weight excluding hydrogens is 76.0 g/mol. The molecule has 5 N–H and O–H groups in total. The summed E-state index contributed by atoms with van der Waals surface area (Å²) in [6.07, 6.45) is 0. The minimum absolute atomic E-state index is 0. The molecule has 0 aliphatic carbocycles. The van der Waals surface area contributed by atoms with Gasteiger partial charge in [-0.3, -0.25) is 0 Å². The van der Waals surface area contributed by atoms with Gasteiger partial charge in [-0.25, -0.2) is 10.4 Å². The fraction of sp³-hybridized carbons (Fsp3) is 0. The van der Waals surface area contributed by atoms with Crippen molar-refractivity contribution in [1.82, 2.24) is 6.15 Å². The third kappa shape index (κ3) is 6.03. The van der Waals surface area contributed by atoms with E-state index in [-0.39, 0.29) is 6.15 Å². The molecule has 5 nitrogen and oxygen atoms in total. The van der Waals surface area contributed by atoms with Gasteiger partial charge in [-0.2, -0.15) is 0 Å². The van der Waals surface area contributed by atoms with E-state index in [1.165, 1.54) is 0 Å². The van der Waals surface area contributed by atoms with Gasteiger partial charge in [-0.15, -0.1) is 0 Å². The molecule has 0 aliphatic heterocycles. The Kier molecular flexibility index (Phi) is 5.63.